The lowest BCUT2D eigenvalue weighted by Crippen LogP contribution is -2.27. The van der Waals surface area contributed by atoms with E-state index in [-0.39, 0.29) is 5.56 Å². The van der Waals surface area contributed by atoms with Gasteiger partial charge in [-0.3, -0.25) is 4.79 Å². The largest absolute Gasteiger partial charge is 0.399 e. The Labute approximate surface area is 119 Å². The summed E-state index contributed by atoms with van der Waals surface area (Å²) in [4.78, 5) is 13.7. The number of amides is 1. The maximum atomic E-state index is 13.7. The van der Waals surface area contributed by atoms with Crippen molar-refractivity contribution in [3.05, 3.63) is 58.3 Å². The van der Waals surface area contributed by atoms with Crippen molar-refractivity contribution in [2.24, 2.45) is 0 Å². The number of carbonyl (C=O) groups excluding carboxylic acids is 1. The number of nitrogen functional groups attached to an aromatic ring is 1. The Balaban J connectivity index is 2.36. The molecule has 5 heteroatoms. The maximum absolute atomic E-state index is 13.7. The van der Waals surface area contributed by atoms with Crippen molar-refractivity contribution in [1.29, 1.82) is 0 Å². The second kappa shape index (κ2) is 5.40. The highest BCUT2D eigenvalue weighted by Gasteiger charge is 2.20. The van der Waals surface area contributed by atoms with E-state index >= 15 is 0 Å². The Hall–Kier alpha value is -1.88. The molecule has 19 heavy (non-hydrogen) atoms. The summed E-state index contributed by atoms with van der Waals surface area (Å²) in [5, 5.41) is 0. The third-order valence-corrected chi connectivity index (χ3v) is 3.42. The predicted molar refractivity (Wildman–Crippen MR) is 77.7 cm³/mol. The van der Waals surface area contributed by atoms with Crippen LogP contribution in [0.15, 0.2) is 46.9 Å². The Kier molecular flexibility index (Phi) is 3.85. The van der Waals surface area contributed by atoms with Gasteiger partial charge in [0.05, 0.1) is 5.56 Å². The van der Waals surface area contributed by atoms with E-state index in [2.05, 4.69) is 15.9 Å². The van der Waals surface area contributed by atoms with Crippen LogP contribution in [-0.2, 0) is 0 Å². The van der Waals surface area contributed by atoms with Crippen LogP contribution in [0.2, 0.25) is 0 Å². The molecule has 0 fully saturated rings. The molecule has 0 bridgehead atoms. The first-order chi connectivity index (χ1) is 9.00. The van der Waals surface area contributed by atoms with E-state index in [0.717, 1.165) is 0 Å². The third-order valence-electron chi connectivity index (χ3n) is 2.76. The maximum Gasteiger partial charge on any atom is 0.262 e. The van der Waals surface area contributed by atoms with Gasteiger partial charge in [-0.15, -0.1) is 0 Å². The van der Waals surface area contributed by atoms with Crippen molar-refractivity contribution in [3.8, 4) is 0 Å². The quantitative estimate of drug-likeness (QED) is 0.861. The molecular weight excluding hydrogens is 311 g/mol. The third kappa shape index (κ3) is 2.76. The fourth-order valence-electron chi connectivity index (χ4n) is 1.69. The molecule has 3 nitrogen and oxygen atoms in total. The van der Waals surface area contributed by atoms with Gasteiger partial charge >= 0.3 is 0 Å². The van der Waals surface area contributed by atoms with Crippen molar-refractivity contribution < 1.29 is 9.18 Å². The fraction of sp³-hybridized carbons (Fsp3) is 0.0714. The molecule has 98 valence electrons. The van der Waals surface area contributed by atoms with Crippen LogP contribution in [0.1, 0.15) is 10.4 Å². The molecule has 0 atom stereocenters. The van der Waals surface area contributed by atoms with Crippen LogP contribution in [0.4, 0.5) is 15.8 Å². The predicted octanol–water partition coefficient (Wildman–Crippen LogP) is 3.45. The number of hydrogen-bond acceptors (Lipinski definition) is 2. The van der Waals surface area contributed by atoms with Gasteiger partial charge in [0.25, 0.3) is 5.91 Å². The summed E-state index contributed by atoms with van der Waals surface area (Å²) >= 11 is 3.19. The highest BCUT2D eigenvalue weighted by atomic mass is 79.9. The highest BCUT2D eigenvalue weighted by Crippen LogP contribution is 2.24. The number of nitrogens with two attached hydrogens (primary N) is 1. The van der Waals surface area contributed by atoms with Crippen LogP contribution in [0.25, 0.3) is 0 Å². The number of carbonyl (C=O) groups is 1. The van der Waals surface area contributed by atoms with Crippen molar-refractivity contribution in [1.82, 2.24) is 0 Å². The Morgan fingerprint density at radius 2 is 1.84 bits per heavy atom. The molecule has 0 saturated carbocycles. The van der Waals surface area contributed by atoms with Gasteiger partial charge in [0.2, 0.25) is 0 Å². The first-order valence-corrected chi connectivity index (χ1v) is 6.37. The lowest BCUT2D eigenvalue weighted by atomic mass is 10.1. The summed E-state index contributed by atoms with van der Waals surface area (Å²) in [6.45, 7) is 0. The standard InChI is InChI=1S/C14H12BrFN2O/c1-18(10-7-5-9(17)6-8-10)14(19)13-11(15)3-2-4-12(13)16/h2-8H,17H2,1H3. The van der Waals surface area contributed by atoms with E-state index < -0.39 is 11.7 Å². The van der Waals surface area contributed by atoms with Crippen molar-refractivity contribution >= 4 is 33.2 Å². The minimum absolute atomic E-state index is 0.0156. The zero-order chi connectivity index (χ0) is 14.0. The molecule has 0 aromatic heterocycles. The summed E-state index contributed by atoms with van der Waals surface area (Å²) in [6, 6.07) is 11.2. The molecular formula is C14H12BrFN2O. The van der Waals surface area contributed by atoms with Gasteiger partial charge in [-0.25, -0.2) is 4.39 Å². The molecule has 0 aliphatic carbocycles. The van der Waals surface area contributed by atoms with E-state index in [0.29, 0.717) is 15.8 Å². The zero-order valence-electron chi connectivity index (χ0n) is 10.2. The SMILES string of the molecule is CN(C(=O)c1c(F)cccc1Br)c1ccc(N)cc1. The van der Waals surface area contributed by atoms with Crippen LogP contribution in [0.3, 0.4) is 0 Å². The van der Waals surface area contributed by atoms with Gasteiger partial charge in [0.1, 0.15) is 5.82 Å². The van der Waals surface area contributed by atoms with E-state index in [1.165, 1.54) is 11.0 Å². The van der Waals surface area contributed by atoms with Gasteiger partial charge < -0.3 is 10.6 Å². The molecule has 0 radical (unpaired) electrons. The number of hydrogen-bond donors (Lipinski definition) is 1. The molecule has 2 N–H and O–H groups in total. The van der Waals surface area contributed by atoms with Crippen LogP contribution in [-0.4, -0.2) is 13.0 Å². The van der Waals surface area contributed by atoms with Crippen LogP contribution >= 0.6 is 15.9 Å². The normalized spacial score (nSPS) is 10.3. The number of benzene rings is 2. The first kappa shape index (κ1) is 13.5. The molecule has 0 unspecified atom stereocenters. The lowest BCUT2D eigenvalue weighted by molar-refractivity contribution is 0.0988. The monoisotopic (exact) mass is 322 g/mol. The average Bonchev–Trinajstić information content (AvgIpc) is 2.38. The molecule has 0 saturated heterocycles. The molecule has 0 heterocycles. The minimum Gasteiger partial charge on any atom is -0.399 e. The van der Waals surface area contributed by atoms with Crippen molar-refractivity contribution in [3.63, 3.8) is 0 Å². The summed E-state index contributed by atoms with van der Waals surface area (Å²) in [5.74, 6) is -0.976. The molecule has 2 aromatic rings. The van der Waals surface area contributed by atoms with Gasteiger partial charge in [0.15, 0.2) is 0 Å². The molecule has 1 amide bonds. The number of rotatable bonds is 2. The number of halogens is 2. The second-order valence-electron chi connectivity index (χ2n) is 4.05. The Bertz CT molecular complexity index is 593. The van der Waals surface area contributed by atoms with Crippen molar-refractivity contribution in [2.75, 3.05) is 17.7 Å². The fourth-order valence-corrected chi connectivity index (χ4v) is 2.20. The van der Waals surface area contributed by atoms with E-state index in [9.17, 15) is 9.18 Å². The van der Waals surface area contributed by atoms with Gasteiger partial charge in [0, 0.05) is 22.9 Å². The lowest BCUT2D eigenvalue weighted by Gasteiger charge is -2.18. The van der Waals surface area contributed by atoms with Gasteiger partial charge in [-0.1, -0.05) is 6.07 Å². The van der Waals surface area contributed by atoms with Crippen LogP contribution in [0, 0.1) is 5.82 Å². The highest BCUT2D eigenvalue weighted by molar-refractivity contribution is 9.10. The Morgan fingerprint density at radius 1 is 1.21 bits per heavy atom. The van der Waals surface area contributed by atoms with Gasteiger partial charge in [-0.05, 0) is 52.3 Å². The Morgan fingerprint density at radius 3 is 2.42 bits per heavy atom. The number of anilines is 2. The topological polar surface area (TPSA) is 46.3 Å². The number of nitrogens with zero attached hydrogens (tertiary/aromatic N) is 1. The average molecular weight is 323 g/mol. The molecule has 0 aliphatic rings. The summed E-state index contributed by atoms with van der Waals surface area (Å²) in [6.07, 6.45) is 0. The van der Waals surface area contributed by atoms with Gasteiger partial charge in [-0.2, -0.15) is 0 Å². The summed E-state index contributed by atoms with van der Waals surface area (Å²) in [7, 11) is 1.59. The second-order valence-corrected chi connectivity index (χ2v) is 4.91. The van der Waals surface area contributed by atoms with E-state index in [1.54, 1.807) is 43.4 Å². The zero-order valence-corrected chi connectivity index (χ0v) is 11.8. The first-order valence-electron chi connectivity index (χ1n) is 5.58. The summed E-state index contributed by atoms with van der Waals surface area (Å²) < 4.78 is 14.2. The minimum atomic E-state index is -0.554. The van der Waals surface area contributed by atoms with E-state index in [4.69, 9.17) is 5.73 Å². The molecule has 2 rings (SSSR count). The molecule has 0 aliphatic heterocycles. The van der Waals surface area contributed by atoms with Crippen LogP contribution in [0.5, 0.6) is 0 Å². The molecule has 0 spiro atoms. The van der Waals surface area contributed by atoms with Crippen molar-refractivity contribution in [2.45, 2.75) is 0 Å². The molecule has 2 aromatic carbocycles. The summed E-state index contributed by atoms with van der Waals surface area (Å²) in [5.41, 5.74) is 6.86. The van der Waals surface area contributed by atoms with Crippen LogP contribution < -0.4 is 10.6 Å². The smallest absolute Gasteiger partial charge is 0.262 e. The van der Waals surface area contributed by atoms with E-state index in [1.807, 2.05) is 0 Å².